The van der Waals surface area contributed by atoms with E-state index in [2.05, 4.69) is 89.4 Å². The molecule has 0 aliphatic carbocycles. The van der Waals surface area contributed by atoms with E-state index >= 15 is 0 Å². The van der Waals surface area contributed by atoms with Crippen LogP contribution < -0.4 is 14.5 Å². The third kappa shape index (κ3) is 3.24. The fourth-order valence-electron chi connectivity index (χ4n) is 4.02. The van der Waals surface area contributed by atoms with Crippen LogP contribution in [-0.4, -0.2) is 38.0 Å². The number of benzene rings is 1. The van der Waals surface area contributed by atoms with Crippen molar-refractivity contribution < 1.29 is 0 Å². The molecule has 0 saturated carbocycles. The first-order valence-electron chi connectivity index (χ1n) is 7.33. The average Bonchev–Trinajstić information content (AvgIpc) is 2.24. The van der Waals surface area contributed by atoms with Crippen molar-refractivity contribution in [2.75, 3.05) is 0 Å². The number of rotatable bonds is 2. The zero-order valence-corrected chi connectivity index (χ0v) is 17.8. The highest BCUT2D eigenvalue weighted by atomic mass is 28.5. The summed E-state index contributed by atoms with van der Waals surface area (Å²) >= 11 is 0. The SMILES string of the molecule is C[Si](c1ccccc1)N1[Si](C)(C)N[Si](C)(C)N[Si]1(C)C. The molecule has 2 N–H and O–H groups in total. The molecule has 0 amide bonds. The second-order valence-corrected chi connectivity index (χ2v) is 23.2. The summed E-state index contributed by atoms with van der Waals surface area (Å²) in [5.74, 6) is 0. The minimum Gasteiger partial charge on any atom is -0.342 e. The minimum absolute atomic E-state index is 0.676. The molecule has 0 bridgehead atoms. The van der Waals surface area contributed by atoms with Crippen molar-refractivity contribution in [3.63, 3.8) is 0 Å². The number of hydrogen-bond donors (Lipinski definition) is 2. The van der Waals surface area contributed by atoms with Crippen molar-refractivity contribution in [3.8, 4) is 0 Å². The van der Waals surface area contributed by atoms with E-state index in [0.717, 1.165) is 0 Å². The van der Waals surface area contributed by atoms with E-state index in [0.29, 0.717) is 0 Å². The third-order valence-electron chi connectivity index (χ3n) is 3.88. The molecule has 0 spiro atoms. The van der Waals surface area contributed by atoms with Gasteiger partial charge in [0.25, 0.3) is 0 Å². The van der Waals surface area contributed by atoms with Gasteiger partial charge in [-0.15, -0.1) is 0 Å². The summed E-state index contributed by atoms with van der Waals surface area (Å²) in [5.41, 5.74) is 0. The molecule has 7 heteroatoms. The molecule has 1 aromatic rings. The summed E-state index contributed by atoms with van der Waals surface area (Å²) in [6, 6.07) is 11.1. The molecule has 0 atom stereocenters. The van der Waals surface area contributed by atoms with Gasteiger partial charge >= 0.3 is 0 Å². The van der Waals surface area contributed by atoms with Crippen molar-refractivity contribution in [2.45, 2.75) is 45.8 Å². The summed E-state index contributed by atoms with van der Waals surface area (Å²) in [6.45, 7) is 17.3. The average molecular weight is 339 g/mol. The van der Waals surface area contributed by atoms with Crippen LogP contribution in [0.3, 0.4) is 0 Å². The molecule has 1 radical (unpaired) electrons. The van der Waals surface area contributed by atoms with E-state index in [9.17, 15) is 0 Å². The van der Waals surface area contributed by atoms with Crippen LogP contribution in [-0.2, 0) is 0 Å². The van der Waals surface area contributed by atoms with Crippen molar-refractivity contribution >= 4 is 39.3 Å². The maximum atomic E-state index is 4.04. The van der Waals surface area contributed by atoms with Crippen molar-refractivity contribution in [2.24, 2.45) is 0 Å². The van der Waals surface area contributed by atoms with Crippen LogP contribution in [0.4, 0.5) is 0 Å². The standard InChI is InChI=1S/C13H28N3Si4/c1-17(13-11-9-8-10-12-13)16-19(4,5)14-18(2,3)15-20(16,6)7/h8-12,14-15H,1-7H3. The molecular formula is C13H28N3Si4. The lowest BCUT2D eigenvalue weighted by Gasteiger charge is -2.59. The quantitative estimate of drug-likeness (QED) is 0.809. The van der Waals surface area contributed by atoms with E-state index in [1.54, 1.807) is 0 Å². The minimum atomic E-state index is -1.55. The lowest BCUT2D eigenvalue weighted by Crippen LogP contribution is -2.90. The highest BCUT2D eigenvalue weighted by Gasteiger charge is 2.53. The van der Waals surface area contributed by atoms with Gasteiger partial charge in [0.05, 0.1) is 0 Å². The van der Waals surface area contributed by atoms with Gasteiger partial charge in [0, 0.05) is 0 Å². The van der Waals surface area contributed by atoms with Crippen LogP contribution in [0.2, 0.25) is 45.8 Å². The maximum Gasteiger partial charge on any atom is 0.183 e. The van der Waals surface area contributed by atoms with Crippen molar-refractivity contribution in [3.05, 3.63) is 30.3 Å². The Kier molecular flexibility index (Phi) is 4.34. The molecule has 1 aliphatic heterocycles. The Morgan fingerprint density at radius 3 is 1.75 bits per heavy atom. The number of hydrogen-bond acceptors (Lipinski definition) is 3. The largest absolute Gasteiger partial charge is 0.342 e. The number of nitrogens with one attached hydrogen (secondary N) is 2. The van der Waals surface area contributed by atoms with Gasteiger partial charge in [0.1, 0.15) is 0 Å². The first kappa shape index (κ1) is 16.3. The van der Waals surface area contributed by atoms with Crippen LogP contribution >= 0.6 is 0 Å². The summed E-state index contributed by atoms with van der Waals surface area (Å²) in [5, 5.41) is 1.53. The topological polar surface area (TPSA) is 27.3 Å². The molecule has 111 valence electrons. The molecular weight excluding hydrogens is 311 g/mol. The Balaban J connectivity index is 2.38. The van der Waals surface area contributed by atoms with Gasteiger partial charge in [-0.25, -0.2) is 0 Å². The first-order valence-corrected chi connectivity index (χ1v) is 18.2. The van der Waals surface area contributed by atoms with Gasteiger partial charge in [-0.3, -0.25) is 0 Å². The second kappa shape index (κ2) is 5.31. The summed E-state index contributed by atoms with van der Waals surface area (Å²) in [4.78, 5) is 0. The monoisotopic (exact) mass is 338 g/mol. The molecule has 0 aromatic heterocycles. The summed E-state index contributed by atoms with van der Waals surface area (Å²) in [6.07, 6.45) is 0. The molecule has 3 nitrogen and oxygen atoms in total. The van der Waals surface area contributed by atoms with Crippen molar-refractivity contribution in [1.82, 2.24) is 13.2 Å². The normalized spacial score (nSPS) is 24.8. The van der Waals surface area contributed by atoms with Gasteiger partial charge in [-0.05, 0) is 44.5 Å². The highest BCUT2D eigenvalue weighted by molar-refractivity contribution is 7.10. The van der Waals surface area contributed by atoms with E-state index in [-0.39, 0.29) is 0 Å². The van der Waals surface area contributed by atoms with E-state index < -0.39 is 34.1 Å². The van der Waals surface area contributed by atoms with E-state index in [1.165, 1.54) is 5.19 Å². The fourth-order valence-corrected chi connectivity index (χ4v) is 34.0. The zero-order chi connectivity index (χ0) is 15.2. The Morgan fingerprint density at radius 2 is 1.30 bits per heavy atom. The van der Waals surface area contributed by atoms with Gasteiger partial charge in [-0.2, -0.15) is 0 Å². The van der Waals surface area contributed by atoms with Gasteiger partial charge < -0.3 is 13.2 Å². The van der Waals surface area contributed by atoms with Gasteiger partial charge in [0.2, 0.25) is 0 Å². The molecule has 1 aromatic carbocycles. The Morgan fingerprint density at radius 1 is 0.850 bits per heavy atom. The van der Waals surface area contributed by atoms with E-state index in [4.69, 9.17) is 0 Å². The molecule has 1 heterocycles. The summed E-state index contributed by atoms with van der Waals surface area (Å²) < 4.78 is 11.0. The Labute approximate surface area is 129 Å². The van der Waals surface area contributed by atoms with Gasteiger partial charge in [0.15, 0.2) is 34.1 Å². The zero-order valence-electron chi connectivity index (χ0n) is 13.8. The van der Waals surface area contributed by atoms with Crippen LogP contribution in [0.25, 0.3) is 0 Å². The summed E-state index contributed by atoms with van der Waals surface area (Å²) in [7, 11) is -5.22. The predicted molar refractivity (Wildman–Crippen MR) is 98.3 cm³/mol. The van der Waals surface area contributed by atoms with Crippen LogP contribution in [0.5, 0.6) is 0 Å². The molecule has 1 saturated heterocycles. The highest BCUT2D eigenvalue weighted by Crippen LogP contribution is 2.24. The number of nitrogens with zero attached hydrogens (tertiary/aromatic N) is 1. The lowest BCUT2D eigenvalue weighted by molar-refractivity contribution is 0.833. The van der Waals surface area contributed by atoms with Crippen molar-refractivity contribution in [1.29, 1.82) is 0 Å². The molecule has 1 aliphatic rings. The smallest absolute Gasteiger partial charge is 0.183 e. The maximum absolute atomic E-state index is 4.04. The Bertz CT molecular complexity index is 456. The third-order valence-corrected chi connectivity index (χ3v) is 26.6. The van der Waals surface area contributed by atoms with E-state index in [1.807, 2.05) is 0 Å². The molecule has 2 rings (SSSR count). The molecule has 1 fully saturated rings. The van der Waals surface area contributed by atoms with Gasteiger partial charge in [-0.1, -0.05) is 36.9 Å². The lowest BCUT2D eigenvalue weighted by atomic mass is 10.4. The predicted octanol–water partition coefficient (Wildman–Crippen LogP) is 2.12. The Hall–Kier alpha value is -0.0325. The van der Waals surface area contributed by atoms with Crippen LogP contribution in [0.1, 0.15) is 0 Å². The second-order valence-electron chi connectivity index (χ2n) is 7.28. The van der Waals surface area contributed by atoms with Crippen LogP contribution in [0.15, 0.2) is 30.3 Å². The molecule has 20 heavy (non-hydrogen) atoms. The first-order chi connectivity index (χ1) is 9.05. The fraction of sp³-hybridized carbons (Fsp3) is 0.538. The molecule has 0 unspecified atom stereocenters. The van der Waals surface area contributed by atoms with Crippen LogP contribution in [0, 0.1) is 0 Å².